The van der Waals surface area contributed by atoms with Crippen LogP contribution in [-0.2, 0) is 10.2 Å². The number of rotatable bonds is 3. The van der Waals surface area contributed by atoms with Gasteiger partial charge in [-0.3, -0.25) is 9.40 Å². The first-order valence-electron chi connectivity index (χ1n) is 8.13. The molecule has 0 N–H and O–H groups in total. The summed E-state index contributed by atoms with van der Waals surface area (Å²) in [5.41, 5.74) is -1.54. The van der Waals surface area contributed by atoms with Crippen molar-refractivity contribution in [3.8, 4) is 0 Å². The number of nitrogens with zero attached hydrogens (tertiary/aromatic N) is 2. The number of para-hydroxylation sites is 1. The van der Waals surface area contributed by atoms with E-state index >= 15 is 0 Å². The molecule has 1 aliphatic carbocycles. The van der Waals surface area contributed by atoms with Crippen LogP contribution in [0.5, 0.6) is 0 Å². The fraction of sp³-hybridized carbons (Fsp3) is 0.389. The highest BCUT2D eigenvalue weighted by atomic mass is 35.5. The monoisotopic (exact) mass is 368 g/mol. The van der Waals surface area contributed by atoms with Gasteiger partial charge in [-0.1, -0.05) is 18.2 Å². The van der Waals surface area contributed by atoms with Gasteiger partial charge in [0.05, 0.1) is 30.3 Å². The molecule has 2 heterocycles. The number of aromatic nitrogens is 1. The molecule has 2 aromatic rings. The molecule has 1 fully saturated rings. The molecule has 1 aromatic carbocycles. The number of halogens is 4. The van der Waals surface area contributed by atoms with Gasteiger partial charge in [-0.05, 0) is 37.0 Å². The molecule has 4 rings (SSSR count). The SMILES string of the molecule is FC(F)(F)C1(COC2CCC2)c2ccccc2N(Cl)c2cnccc21. The van der Waals surface area contributed by atoms with Crippen LogP contribution in [0.4, 0.5) is 24.5 Å². The summed E-state index contributed by atoms with van der Waals surface area (Å²) in [6.45, 7) is -0.458. The minimum Gasteiger partial charge on any atom is -0.377 e. The summed E-state index contributed by atoms with van der Waals surface area (Å²) in [6, 6.07) is 7.72. The number of hydrogen-bond acceptors (Lipinski definition) is 3. The predicted octanol–water partition coefficient (Wildman–Crippen LogP) is 5.10. The molecule has 2 aliphatic rings. The quantitative estimate of drug-likeness (QED) is 0.704. The minimum absolute atomic E-state index is 0.0722. The number of ether oxygens (including phenoxy) is 1. The average molecular weight is 369 g/mol. The smallest absolute Gasteiger partial charge is 0.377 e. The van der Waals surface area contributed by atoms with Crippen molar-refractivity contribution in [3.63, 3.8) is 0 Å². The zero-order valence-electron chi connectivity index (χ0n) is 13.3. The van der Waals surface area contributed by atoms with Gasteiger partial charge < -0.3 is 4.74 Å². The van der Waals surface area contributed by atoms with Crippen molar-refractivity contribution in [1.29, 1.82) is 0 Å². The van der Waals surface area contributed by atoms with Crippen molar-refractivity contribution in [3.05, 3.63) is 53.9 Å². The van der Waals surface area contributed by atoms with Crippen molar-refractivity contribution in [2.75, 3.05) is 11.0 Å². The highest BCUT2D eigenvalue weighted by Crippen LogP contribution is 2.56. The highest BCUT2D eigenvalue weighted by molar-refractivity contribution is 6.30. The molecular formula is C18H16ClF3N2O. The van der Waals surface area contributed by atoms with E-state index < -0.39 is 18.2 Å². The number of anilines is 2. The summed E-state index contributed by atoms with van der Waals surface area (Å²) in [5, 5.41) is 0. The average Bonchev–Trinajstić information content (AvgIpc) is 2.55. The van der Waals surface area contributed by atoms with E-state index in [9.17, 15) is 13.2 Å². The fourth-order valence-corrected chi connectivity index (χ4v) is 3.79. The third kappa shape index (κ3) is 2.42. The van der Waals surface area contributed by atoms with E-state index in [0.717, 1.165) is 19.3 Å². The zero-order chi connectivity index (χ0) is 17.7. The maximum absolute atomic E-state index is 14.5. The zero-order valence-corrected chi connectivity index (χ0v) is 14.0. The summed E-state index contributed by atoms with van der Waals surface area (Å²) in [7, 11) is 0. The Balaban J connectivity index is 1.93. The van der Waals surface area contributed by atoms with Gasteiger partial charge in [0.25, 0.3) is 0 Å². The summed E-state index contributed by atoms with van der Waals surface area (Å²) < 4.78 is 50.4. The Morgan fingerprint density at radius 1 is 1.16 bits per heavy atom. The first kappa shape index (κ1) is 16.7. The highest BCUT2D eigenvalue weighted by Gasteiger charge is 2.61. The molecule has 0 spiro atoms. The standard InChI is InChI=1S/C18H16ClF3N2O/c19-24-15-7-2-1-6-13(15)17(18(20,21)22,11-25-12-4-3-5-12)14-8-9-23-10-16(14)24/h1-2,6-10,12H,3-5,11H2. The van der Waals surface area contributed by atoms with Gasteiger partial charge in [-0.15, -0.1) is 0 Å². The van der Waals surface area contributed by atoms with E-state index in [1.807, 2.05) is 0 Å². The second-order valence-electron chi connectivity index (χ2n) is 6.46. The fourth-order valence-electron chi connectivity index (χ4n) is 3.51. The number of benzene rings is 1. The van der Waals surface area contributed by atoms with Crippen LogP contribution < -0.4 is 4.42 Å². The molecule has 0 radical (unpaired) electrons. The summed E-state index contributed by atoms with van der Waals surface area (Å²) >= 11 is 6.34. The van der Waals surface area contributed by atoms with E-state index in [0.29, 0.717) is 5.69 Å². The maximum Gasteiger partial charge on any atom is 0.404 e. The van der Waals surface area contributed by atoms with Gasteiger partial charge in [0.1, 0.15) is 5.41 Å². The van der Waals surface area contributed by atoms with Crippen LogP contribution in [0.1, 0.15) is 30.4 Å². The summed E-state index contributed by atoms with van der Waals surface area (Å²) in [6.07, 6.45) is 0.687. The number of alkyl halides is 3. The van der Waals surface area contributed by atoms with Gasteiger partial charge in [-0.25, -0.2) is 0 Å². The van der Waals surface area contributed by atoms with Gasteiger partial charge in [0, 0.05) is 23.5 Å². The van der Waals surface area contributed by atoms with E-state index in [-0.39, 0.29) is 22.9 Å². The second kappa shape index (κ2) is 5.88. The molecule has 0 bridgehead atoms. The molecule has 132 valence electrons. The van der Waals surface area contributed by atoms with Crippen molar-refractivity contribution in [2.24, 2.45) is 0 Å². The second-order valence-corrected chi connectivity index (χ2v) is 6.80. The number of fused-ring (bicyclic) bond motifs is 2. The lowest BCUT2D eigenvalue weighted by Crippen LogP contribution is -2.51. The Kier molecular flexibility index (Phi) is 3.92. The predicted molar refractivity (Wildman–Crippen MR) is 89.1 cm³/mol. The lowest BCUT2D eigenvalue weighted by molar-refractivity contribution is -0.199. The van der Waals surface area contributed by atoms with Crippen LogP contribution in [0.15, 0.2) is 42.7 Å². The van der Waals surface area contributed by atoms with Crippen LogP contribution in [0.3, 0.4) is 0 Å². The molecule has 3 nitrogen and oxygen atoms in total. The molecule has 1 aromatic heterocycles. The molecule has 1 aliphatic heterocycles. The van der Waals surface area contributed by atoms with Crippen LogP contribution in [0.25, 0.3) is 0 Å². The Morgan fingerprint density at radius 3 is 2.56 bits per heavy atom. The Bertz CT molecular complexity index is 744. The molecule has 1 unspecified atom stereocenters. The largest absolute Gasteiger partial charge is 0.404 e. The Hall–Kier alpha value is -1.79. The first-order valence-corrected chi connectivity index (χ1v) is 8.47. The van der Waals surface area contributed by atoms with Crippen LogP contribution in [0.2, 0.25) is 0 Å². The normalized spacial score (nSPS) is 23.0. The maximum atomic E-state index is 14.5. The van der Waals surface area contributed by atoms with Gasteiger partial charge >= 0.3 is 6.18 Å². The molecule has 7 heteroatoms. The summed E-state index contributed by atoms with van der Waals surface area (Å²) in [5.74, 6) is 0. The van der Waals surface area contributed by atoms with Crippen LogP contribution in [0, 0.1) is 0 Å². The van der Waals surface area contributed by atoms with E-state index in [1.165, 1.54) is 28.9 Å². The van der Waals surface area contributed by atoms with E-state index in [1.54, 1.807) is 18.2 Å². The summed E-state index contributed by atoms with van der Waals surface area (Å²) in [4.78, 5) is 3.96. The topological polar surface area (TPSA) is 25.4 Å². The Morgan fingerprint density at radius 2 is 1.88 bits per heavy atom. The molecule has 25 heavy (non-hydrogen) atoms. The first-order chi connectivity index (χ1) is 11.9. The third-order valence-corrected chi connectivity index (χ3v) is 5.48. The Labute approximate surface area is 148 Å². The van der Waals surface area contributed by atoms with E-state index in [2.05, 4.69) is 4.98 Å². The van der Waals surface area contributed by atoms with Gasteiger partial charge in [0.15, 0.2) is 0 Å². The molecule has 0 amide bonds. The van der Waals surface area contributed by atoms with Crippen LogP contribution in [-0.4, -0.2) is 23.9 Å². The van der Waals surface area contributed by atoms with Crippen LogP contribution >= 0.6 is 11.8 Å². The lowest BCUT2D eigenvalue weighted by Gasteiger charge is -2.44. The van der Waals surface area contributed by atoms with Gasteiger partial charge in [-0.2, -0.15) is 13.2 Å². The molecule has 1 atom stereocenters. The van der Waals surface area contributed by atoms with Crippen molar-refractivity contribution in [1.82, 2.24) is 4.98 Å². The van der Waals surface area contributed by atoms with Crippen molar-refractivity contribution >= 4 is 23.2 Å². The number of pyridine rings is 1. The molecule has 0 saturated heterocycles. The third-order valence-electron chi connectivity index (χ3n) is 5.12. The van der Waals surface area contributed by atoms with Crippen molar-refractivity contribution in [2.45, 2.75) is 37.0 Å². The van der Waals surface area contributed by atoms with Gasteiger partial charge in [0.2, 0.25) is 0 Å². The lowest BCUT2D eigenvalue weighted by atomic mass is 9.71. The minimum atomic E-state index is -4.54. The van der Waals surface area contributed by atoms with E-state index in [4.69, 9.17) is 16.5 Å². The molecular weight excluding hydrogens is 353 g/mol. The number of hydrogen-bond donors (Lipinski definition) is 0. The molecule has 1 saturated carbocycles. The van der Waals surface area contributed by atoms with Crippen molar-refractivity contribution < 1.29 is 17.9 Å².